The highest BCUT2D eigenvalue weighted by Crippen LogP contribution is 2.27. The minimum atomic E-state index is -3.67. The minimum absolute atomic E-state index is 0.0292. The van der Waals surface area contributed by atoms with E-state index in [1.165, 1.54) is 0 Å². The second kappa shape index (κ2) is 5.38. The molecule has 2 N–H and O–H groups in total. The van der Waals surface area contributed by atoms with Crippen LogP contribution < -0.4 is 10.0 Å². The predicted molar refractivity (Wildman–Crippen MR) is 79.1 cm³/mol. The Morgan fingerprint density at radius 2 is 2.15 bits per heavy atom. The van der Waals surface area contributed by atoms with E-state index in [-0.39, 0.29) is 15.7 Å². The summed E-state index contributed by atoms with van der Waals surface area (Å²) in [6.07, 6.45) is 0.309. The van der Waals surface area contributed by atoms with Gasteiger partial charge in [0.2, 0.25) is 0 Å². The van der Waals surface area contributed by atoms with Gasteiger partial charge in [0, 0.05) is 12.1 Å². The lowest BCUT2D eigenvalue weighted by molar-refractivity contribution is 0.462. The molecule has 6 nitrogen and oxygen atoms in total. The number of sulfonamides is 1. The molecule has 2 rings (SSSR count). The molecule has 0 aromatic carbocycles. The summed E-state index contributed by atoms with van der Waals surface area (Å²) >= 11 is 1.14. The fourth-order valence-electron chi connectivity index (χ4n) is 2.26. The van der Waals surface area contributed by atoms with Gasteiger partial charge in [-0.1, -0.05) is 0 Å². The highest BCUT2D eigenvalue weighted by molar-refractivity contribution is 7.92. The standard InChI is InChI=1S/C11H18N2O4S3/c1-11(3-4-19(14,15)8-11)13-20(16,17)10-5-9(6-12-2)7-18-10/h5,7,12-13H,3-4,6,8H2,1-2H3. The van der Waals surface area contributed by atoms with Gasteiger partial charge in [0.25, 0.3) is 10.0 Å². The topological polar surface area (TPSA) is 92.3 Å². The molecule has 1 aromatic heterocycles. The zero-order valence-corrected chi connectivity index (χ0v) is 13.8. The number of hydrogen-bond acceptors (Lipinski definition) is 6. The molecule has 1 atom stereocenters. The van der Waals surface area contributed by atoms with E-state index < -0.39 is 25.4 Å². The Morgan fingerprint density at radius 1 is 1.45 bits per heavy atom. The summed E-state index contributed by atoms with van der Waals surface area (Å²) in [6, 6.07) is 1.61. The van der Waals surface area contributed by atoms with Crippen LogP contribution in [0.4, 0.5) is 0 Å². The third-order valence-electron chi connectivity index (χ3n) is 3.16. The van der Waals surface area contributed by atoms with E-state index in [2.05, 4.69) is 10.0 Å². The van der Waals surface area contributed by atoms with Gasteiger partial charge < -0.3 is 5.32 Å². The summed E-state index contributed by atoms with van der Waals surface area (Å²) in [5, 5.41) is 4.73. The van der Waals surface area contributed by atoms with Gasteiger partial charge in [0.05, 0.1) is 11.5 Å². The van der Waals surface area contributed by atoms with Gasteiger partial charge in [-0.3, -0.25) is 0 Å². The second-order valence-corrected chi connectivity index (χ2v) is 10.3. The number of nitrogens with one attached hydrogen (secondary N) is 2. The first-order valence-electron chi connectivity index (χ1n) is 6.12. The predicted octanol–water partition coefficient (Wildman–Crippen LogP) is 0.323. The quantitative estimate of drug-likeness (QED) is 0.807. The SMILES string of the molecule is CNCc1csc(S(=O)(=O)NC2(C)CCS(=O)(=O)C2)c1. The molecule has 114 valence electrons. The van der Waals surface area contributed by atoms with Crippen LogP contribution >= 0.6 is 11.3 Å². The van der Waals surface area contributed by atoms with E-state index in [0.29, 0.717) is 13.0 Å². The monoisotopic (exact) mass is 338 g/mol. The van der Waals surface area contributed by atoms with Crippen molar-refractivity contribution in [1.82, 2.24) is 10.0 Å². The molecule has 0 amide bonds. The zero-order valence-electron chi connectivity index (χ0n) is 11.3. The van der Waals surface area contributed by atoms with E-state index in [0.717, 1.165) is 16.9 Å². The van der Waals surface area contributed by atoms with Crippen molar-refractivity contribution in [3.63, 3.8) is 0 Å². The zero-order chi connectivity index (χ0) is 15.0. The molecule has 1 fully saturated rings. The maximum absolute atomic E-state index is 12.3. The van der Waals surface area contributed by atoms with Crippen molar-refractivity contribution in [2.45, 2.75) is 29.6 Å². The van der Waals surface area contributed by atoms with E-state index >= 15 is 0 Å². The van der Waals surface area contributed by atoms with Crippen LogP contribution in [-0.2, 0) is 26.4 Å². The van der Waals surface area contributed by atoms with E-state index in [1.54, 1.807) is 25.4 Å². The summed E-state index contributed by atoms with van der Waals surface area (Å²) < 4.78 is 50.4. The van der Waals surface area contributed by atoms with Crippen molar-refractivity contribution in [2.75, 3.05) is 18.6 Å². The normalized spacial score (nSPS) is 25.9. The average molecular weight is 338 g/mol. The summed E-state index contributed by atoms with van der Waals surface area (Å²) in [4.78, 5) is 0. The minimum Gasteiger partial charge on any atom is -0.316 e. The number of thiophene rings is 1. The average Bonchev–Trinajstić information content (AvgIpc) is 2.84. The molecule has 9 heteroatoms. The molecule has 0 bridgehead atoms. The molecule has 0 radical (unpaired) electrons. The Kier molecular flexibility index (Phi) is 4.27. The van der Waals surface area contributed by atoms with Crippen LogP contribution in [0.5, 0.6) is 0 Å². The van der Waals surface area contributed by atoms with Crippen molar-refractivity contribution in [3.8, 4) is 0 Å². The number of hydrogen-bond donors (Lipinski definition) is 2. The molecule has 1 unspecified atom stereocenters. The summed E-state index contributed by atoms with van der Waals surface area (Å²) in [7, 11) is -5.03. The highest BCUT2D eigenvalue weighted by atomic mass is 32.2. The first-order chi connectivity index (χ1) is 9.16. The van der Waals surface area contributed by atoms with Crippen molar-refractivity contribution in [1.29, 1.82) is 0 Å². The second-order valence-electron chi connectivity index (χ2n) is 5.31. The molecular formula is C11H18N2O4S3. The summed E-state index contributed by atoms with van der Waals surface area (Å²) in [6.45, 7) is 2.23. The molecule has 1 aliphatic heterocycles. The van der Waals surface area contributed by atoms with Gasteiger partial charge in [0.15, 0.2) is 9.84 Å². The van der Waals surface area contributed by atoms with Crippen LogP contribution in [-0.4, -0.2) is 40.9 Å². The molecule has 0 spiro atoms. The summed E-state index contributed by atoms with van der Waals surface area (Å²) in [5.74, 6) is -0.116. The van der Waals surface area contributed by atoms with Gasteiger partial charge in [-0.25, -0.2) is 21.6 Å². The molecule has 0 saturated carbocycles. The lowest BCUT2D eigenvalue weighted by Crippen LogP contribution is -2.46. The van der Waals surface area contributed by atoms with Crippen molar-refractivity contribution >= 4 is 31.2 Å². The molecule has 1 aromatic rings. The van der Waals surface area contributed by atoms with Crippen LogP contribution in [0.25, 0.3) is 0 Å². The third kappa shape index (κ3) is 3.59. The van der Waals surface area contributed by atoms with Crippen molar-refractivity contribution < 1.29 is 16.8 Å². The van der Waals surface area contributed by atoms with Crippen LogP contribution in [0.15, 0.2) is 15.7 Å². The smallest absolute Gasteiger partial charge is 0.250 e. The first-order valence-corrected chi connectivity index (χ1v) is 10.3. The van der Waals surface area contributed by atoms with Crippen molar-refractivity contribution in [2.24, 2.45) is 0 Å². The van der Waals surface area contributed by atoms with Gasteiger partial charge in [-0.15, -0.1) is 11.3 Å². The maximum atomic E-state index is 12.3. The largest absolute Gasteiger partial charge is 0.316 e. The molecular weight excluding hydrogens is 320 g/mol. The van der Waals surface area contributed by atoms with Gasteiger partial charge in [-0.05, 0) is 37.4 Å². The molecule has 0 aliphatic carbocycles. The Labute approximate surface area is 123 Å². The number of sulfone groups is 1. The maximum Gasteiger partial charge on any atom is 0.250 e. The third-order valence-corrected chi connectivity index (χ3v) is 8.19. The number of rotatable bonds is 5. The fourth-order valence-corrected chi connectivity index (χ4v) is 7.09. The molecule has 2 heterocycles. The Morgan fingerprint density at radius 3 is 2.70 bits per heavy atom. The Hall–Kier alpha value is -0.480. The fraction of sp³-hybridized carbons (Fsp3) is 0.636. The lowest BCUT2D eigenvalue weighted by Gasteiger charge is -2.22. The van der Waals surface area contributed by atoms with E-state index in [1.807, 2.05) is 0 Å². The molecule has 20 heavy (non-hydrogen) atoms. The van der Waals surface area contributed by atoms with E-state index in [4.69, 9.17) is 0 Å². The lowest BCUT2D eigenvalue weighted by atomic mass is 10.0. The van der Waals surface area contributed by atoms with Crippen molar-refractivity contribution in [3.05, 3.63) is 17.0 Å². The highest BCUT2D eigenvalue weighted by Gasteiger charge is 2.41. The van der Waals surface area contributed by atoms with Crippen LogP contribution in [0.2, 0.25) is 0 Å². The van der Waals surface area contributed by atoms with Gasteiger partial charge in [0.1, 0.15) is 4.21 Å². The Balaban J connectivity index is 2.19. The first kappa shape index (κ1) is 15.9. The molecule has 1 saturated heterocycles. The van der Waals surface area contributed by atoms with Crippen LogP contribution in [0.3, 0.4) is 0 Å². The Bertz CT molecular complexity index is 693. The summed E-state index contributed by atoms with van der Waals surface area (Å²) in [5.41, 5.74) is -0.0211. The van der Waals surface area contributed by atoms with Crippen LogP contribution in [0, 0.1) is 0 Å². The molecule has 1 aliphatic rings. The van der Waals surface area contributed by atoms with Gasteiger partial charge >= 0.3 is 0 Å². The van der Waals surface area contributed by atoms with Crippen LogP contribution in [0.1, 0.15) is 18.9 Å². The van der Waals surface area contributed by atoms with Gasteiger partial charge in [-0.2, -0.15) is 0 Å². The van der Waals surface area contributed by atoms with E-state index in [9.17, 15) is 16.8 Å².